The Morgan fingerprint density at radius 3 is 2.22 bits per heavy atom. The van der Waals surface area contributed by atoms with Crippen LogP contribution in [0, 0.1) is 0 Å². The number of benzene rings is 1. The molecule has 0 spiro atoms. The second-order valence-electron chi connectivity index (χ2n) is 3.20. The minimum absolute atomic E-state index is 0.114. The summed E-state index contributed by atoms with van der Waals surface area (Å²) in [6, 6.07) is 3.13. The minimum Gasteiger partial charge on any atom is -0.493 e. The van der Waals surface area contributed by atoms with Gasteiger partial charge in [0.05, 0.1) is 26.9 Å². The molecule has 7 heteroatoms. The van der Waals surface area contributed by atoms with E-state index in [1.54, 1.807) is 6.07 Å². The summed E-state index contributed by atoms with van der Waals surface area (Å²) in [4.78, 5) is 11.8. The number of nitrogens with one attached hydrogen (secondary N) is 1. The molecule has 1 aromatic carbocycles. The van der Waals surface area contributed by atoms with Crippen molar-refractivity contribution in [3.8, 4) is 17.2 Å². The molecule has 0 unspecified atom stereocenters. The van der Waals surface area contributed by atoms with Crippen LogP contribution in [0.3, 0.4) is 0 Å². The Morgan fingerprint density at radius 1 is 1.17 bits per heavy atom. The number of carbonyl (C=O) groups excluding carboxylic acids is 1. The Hall–Kier alpha value is -2.02. The third-order valence-corrected chi connectivity index (χ3v) is 2.29. The summed E-state index contributed by atoms with van der Waals surface area (Å²) in [6.45, 7) is 0. The molecule has 0 fully saturated rings. The van der Waals surface area contributed by atoms with E-state index in [0.717, 1.165) is 0 Å². The fraction of sp³-hybridized carbons (Fsp3) is 0.273. The molecular formula is C11H14N2O4S. The summed E-state index contributed by atoms with van der Waals surface area (Å²) >= 11 is 4.61. The van der Waals surface area contributed by atoms with Gasteiger partial charge in [-0.05, 0) is 24.4 Å². The molecule has 0 atom stereocenters. The molecule has 18 heavy (non-hydrogen) atoms. The van der Waals surface area contributed by atoms with Crippen LogP contribution in [-0.2, 0) is 0 Å². The largest absolute Gasteiger partial charge is 0.493 e. The summed E-state index contributed by atoms with van der Waals surface area (Å²) in [6.07, 6.45) is 0. The van der Waals surface area contributed by atoms with Crippen LogP contribution in [-0.4, -0.2) is 32.3 Å². The first-order valence-corrected chi connectivity index (χ1v) is 5.35. The van der Waals surface area contributed by atoms with Crippen molar-refractivity contribution in [1.29, 1.82) is 0 Å². The van der Waals surface area contributed by atoms with E-state index in [-0.39, 0.29) is 16.4 Å². The molecule has 0 radical (unpaired) electrons. The highest BCUT2D eigenvalue weighted by Crippen LogP contribution is 2.39. The van der Waals surface area contributed by atoms with Gasteiger partial charge in [-0.15, -0.1) is 0 Å². The van der Waals surface area contributed by atoms with Crippen LogP contribution in [0.15, 0.2) is 12.1 Å². The van der Waals surface area contributed by atoms with E-state index in [2.05, 4.69) is 17.5 Å². The lowest BCUT2D eigenvalue weighted by Crippen LogP contribution is -2.34. The maximum atomic E-state index is 11.8. The van der Waals surface area contributed by atoms with Crippen LogP contribution >= 0.6 is 12.2 Å². The van der Waals surface area contributed by atoms with Crippen molar-refractivity contribution in [3.63, 3.8) is 0 Å². The van der Waals surface area contributed by atoms with E-state index in [1.165, 1.54) is 27.4 Å². The minimum atomic E-state index is -0.472. The zero-order chi connectivity index (χ0) is 13.7. The van der Waals surface area contributed by atoms with E-state index < -0.39 is 5.91 Å². The van der Waals surface area contributed by atoms with Gasteiger partial charge in [-0.1, -0.05) is 0 Å². The van der Waals surface area contributed by atoms with Crippen LogP contribution in [0.25, 0.3) is 0 Å². The van der Waals surface area contributed by atoms with Crippen LogP contribution in [0.1, 0.15) is 10.4 Å². The maximum absolute atomic E-state index is 11.8. The van der Waals surface area contributed by atoms with Crippen molar-refractivity contribution in [2.45, 2.75) is 0 Å². The van der Waals surface area contributed by atoms with Gasteiger partial charge in [0.1, 0.15) is 0 Å². The molecule has 3 N–H and O–H groups in total. The standard InChI is InChI=1S/C11H14N2O4S/c1-15-7-5-4-6(10(14)13-11(12)18)8(16-2)9(7)17-3/h4-5H,1-3H3,(H3,12,13,14,18). The van der Waals surface area contributed by atoms with Gasteiger partial charge in [-0.25, -0.2) is 0 Å². The van der Waals surface area contributed by atoms with E-state index in [4.69, 9.17) is 19.9 Å². The number of carbonyl (C=O) groups is 1. The lowest BCUT2D eigenvalue weighted by atomic mass is 10.1. The molecule has 0 saturated heterocycles. The van der Waals surface area contributed by atoms with Crippen LogP contribution < -0.4 is 25.3 Å². The van der Waals surface area contributed by atoms with Crippen LogP contribution in [0.4, 0.5) is 0 Å². The van der Waals surface area contributed by atoms with Gasteiger partial charge >= 0.3 is 0 Å². The second-order valence-corrected chi connectivity index (χ2v) is 3.64. The van der Waals surface area contributed by atoms with Crippen LogP contribution in [0.5, 0.6) is 17.2 Å². The molecule has 1 aromatic rings. The van der Waals surface area contributed by atoms with Gasteiger partial charge in [0.15, 0.2) is 16.6 Å². The normalized spacial score (nSPS) is 9.50. The Labute approximate surface area is 110 Å². The predicted molar refractivity (Wildman–Crippen MR) is 70.3 cm³/mol. The van der Waals surface area contributed by atoms with Gasteiger partial charge in [-0.3, -0.25) is 10.1 Å². The van der Waals surface area contributed by atoms with Gasteiger partial charge in [-0.2, -0.15) is 0 Å². The van der Waals surface area contributed by atoms with Crippen molar-refractivity contribution in [2.75, 3.05) is 21.3 Å². The van der Waals surface area contributed by atoms with E-state index in [9.17, 15) is 4.79 Å². The third-order valence-electron chi connectivity index (χ3n) is 2.19. The van der Waals surface area contributed by atoms with Crippen molar-refractivity contribution in [2.24, 2.45) is 5.73 Å². The molecule has 0 aliphatic carbocycles. The van der Waals surface area contributed by atoms with Crippen molar-refractivity contribution in [3.05, 3.63) is 17.7 Å². The molecular weight excluding hydrogens is 256 g/mol. The number of nitrogens with two attached hydrogens (primary N) is 1. The van der Waals surface area contributed by atoms with Gasteiger partial charge in [0.25, 0.3) is 5.91 Å². The smallest absolute Gasteiger partial charge is 0.261 e. The Bertz CT molecular complexity index is 476. The highest BCUT2D eigenvalue weighted by Gasteiger charge is 2.20. The molecule has 0 saturated carbocycles. The summed E-state index contributed by atoms with van der Waals surface area (Å²) in [5.74, 6) is 0.572. The van der Waals surface area contributed by atoms with Gasteiger partial charge < -0.3 is 19.9 Å². The molecule has 0 aromatic heterocycles. The number of thiocarbonyl (C=S) groups is 1. The van der Waals surface area contributed by atoms with Gasteiger partial charge in [0.2, 0.25) is 5.75 Å². The van der Waals surface area contributed by atoms with E-state index in [1.807, 2.05) is 0 Å². The number of hydrogen-bond acceptors (Lipinski definition) is 5. The monoisotopic (exact) mass is 270 g/mol. The summed E-state index contributed by atoms with van der Waals surface area (Å²) in [5, 5.41) is 2.20. The molecule has 0 heterocycles. The summed E-state index contributed by atoms with van der Waals surface area (Å²) < 4.78 is 15.4. The van der Waals surface area contributed by atoms with Crippen molar-refractivity contribution < 1.29 is 19.0 Å². The van der Waals surface area contributed by atoms with E-state index in [0.29, 0.717) is 11.5 Å². The topological polar surface area (TPSA) is 82.8 Å². The lowest BCUT2D eigenvalue weighted by molar-refractivity contribution is 0.0973. The van der Waals surface area contributed by atoms with Crippen molar-refractivity contribution in [1.82, 2.24) is 5.32 Å². The fourth-order valence-corrected chi connectivity index (χ4v) is 1.55. The zero-order valence-electron chi connectivity index (χ0n) is 10.3. The maximum Gasteiger partial charge on any atom is 0.261 e. The number of hydrogen-bond donors (Lipinski definition) is 2. The van der Waals surface area contributed by atoms with Crippen molar-refractivity contribution >= 4 is 23.2 Å². The molecule has 1 rings (SSSR count). The quantitative estimate of drug-likeness (QED) is 0.783. The first-order chi connectivity index (χ1) is 8.54. The highest BCUT2D eigenvalue weighted by atomic mass is 32.1. The first kappa shape index (κ1) is 14.0. The fourth-order valence-electron chi connectivity index (χ4n) is 1.46. The zero-order valence-corrected chi connectivity index (χ0v) is 11.1. The molecule has 6 nitrogen and oxygen atoms in total. The number of methoxy groups -OCH3 is 3. The average molecular weight is 270 g/mol. The summed E-state index contributed by atoms with van der Waals surface area (Å²) in [7, 11) is 4.37. The summed E-state index contributed by atoms with van der Waals surface area (Å²) in [5.41, 5.74) is 5.50. The Balaban J connectivity index is 3.28. The number of amides is 1. The SMILES string of the molecule is COc1ccc(C(=O)NC(N)=S)c(OC)c1OC. The van der Waals surface area contributed by atoms with E-state index >= 15 is 0 Å². The Morgan fingerprint density at radius 2 is 1.78 bits per heavy atom. The van der Waals surface area contributed by atoms with Crippen LogP contribution in [0.2, 0.25) is 0 Å². The molecule has 0 aliphatic heterocycles. The third kappa shape index (κ3) is 2.80. The molecule has 0 aliphatic rings. The van der Waals surface area contributed by atoms with Gasteiger partial charge in [0, 0.05) is 0 Å². The molecule has 1 amide bonds. The Kier molecular flexibility index (Phi) is 4.73. The lowest BCUT2D eigenvalue weighted by Gasteiger charge is -2.15. The molecule has 98 valence electrons. The molecule has 0 bridgehead atoms. The first-order valence-electron chi connectivity index (χ1n) is 4.94. The predicted octanol–water partition coefficient (Wildman–Crippen LogP) is 0.686. The highest BCUT2D eigenvalue weighted by molar-refractivity contribution is 7.80. The number of ether oxygens (including phenoxy) is 3. The second kappa shape index (κ2) is 6.06. The number of rotatable bonds is 4. The average Bonchev–Trinajstić information content (AvgIpc) is 2.35.